The van der Waals surface area contributed by atoms with Crippen molar-refractivity contribution in [1.82, 2.24) is 4.98 Å². The lowest BCUT2D eigenvalue weighted by Gasteiger charge is -2.26. The molecule has 0 saturated carbocycles. The van der Waals surface area contributed by atoms with Crippen LogP contribution in [0, 0.1) is 0 Å². The van der Waals surface area contributed by atoms with E-state index < -0.39 is 5.91 Å². The summed E-state index contributed by atoms with van der Waals surface area (Å²) in [6.45, 7) is 4.45. The second-order valence-corrected chi connectivity index (χ2v) is 4.11. The highest BCUT2D eigenvalue weighted by molar-refractivity contribution is 5.92. The van der Waals surface area contributed by atoms with Crippen LogP contribution in [0.4, 0.5) is 0 Å². The number of rotatable bonds is 6. The van der Waals surface area contributed by atoms with Gasteiger partial charge in [0, 0.05) is 17.8 Å². The number of nitrogens with two attached hydrogens (primary N) is 2. The molecule has 1 heterocycles. The predicted octanol–water partition coefficient (Wildman–Crippen LogP) is 1.08. The van der Waals surface area contributed by atoms with Crippen molar-refractivity contribution in [2.75, 3.05) is 6.61 Å². The van der Waals surface area contributed by atoms with E-state index >= 15 is 0 Å². The van der Waals surface area contributed by atoms with Gasteiger partial charge in [0.15, 0.2) is 0 Å². The zero-order valence-corrected chi connectivity index (χ0v) is 10.3. The predicted molar refractivity (Wildman–Crippen MR) is 65.8 cm³/mol. The van der Waals surface area contributed by atoms with E-state index in [0.29, 0.717) is 18.1 Å². The highest BCUT2D eigenvalue weighted by atomic mass is 16.5. The number of primary amides is 1. The molecular formula is C12H19N3O2. The smallest absolute Gasteiger partial charge is 0.250 e. The van der Waals surface area contributed by atoms with E-state index in [0.717, 1.165) is 12.8 Å². The number of carbonyl (C=O) groups is 1. The summed E-state index contributed by atoms with van der Waals surface area (Å²) < 4.78 is 5.50. The lowest BCUT2D eigenvalue weighted by molar-refractivity contribution is 0.1000. The van der Waals surface area contributed by atoms with E-state index in [4.69, 9.17) is 16.2 Å². The molecule has 0 aliphatic carbocycles. The highest BCUT2D eigenvalue weighted by Crippen LogP contribution is 2.14. The minimum atomic E-state index is -0.501. The molecule has 0 aromatic carbocycles. The Labute approximate surface area is 101 Å². The van der Waals surface area contributed by atoms with Crippen LogP contribution in [-0.2, 0) is 0 Å². The van der Waals surface area contributed by atoms with Crippen molar-refractivity contribution in [3.63, 3.8) is 0 Å². The zero-order chi connectivity index (χ0) is 12.9. The maximum Gasteiger partial charge on any atom is 0.250 e. The first-order chi connectivity index (χ1) is 8.00. The first kappa shape index (κ1) is 13.4. The van der Waals surface area contributed by atoms with Crippen LogP contribution in [0.2, 0.25) is 0 Å². The maximum atomic E-state index is 10.8. The van der Waals surface area contributed by atoms with Crippen molar-refractivity contribution in [3.05, 3.63) is 23.9 Å². The molecule has 0 aliphatic heterocycles. The van der Waals surface area contributed by atoms with Crippen LogP contribution >= 0.6 is 0 Å². The summed E-state index contributed by atoms with van der Waals surface area (Å²) in [6.07, 6.45) is 3.07. The van der Waals surface area contributed by atoms with Gasteiger partial charge in [0.05, 0.1) is 5.56 Å². The Kier molecular flexibility index (Phi) is 4.45. The molecule has 0 bridgehead atoms. The van der Waals surface area contributed by atoms with Crippen LogP contribution in [0.15, 0.2) is 18.3 Å². The lowest BCUT2D eigenvalue weighted by atomic mass is 9.96. The molecule has 5 nitrogen and oxygen atoms in total. The Balaban J connectivity index is 2.61. The Morgan fingerprint density at radius 1 is 1.41 bits per heavy atom. The van der Waals surface area contributed by atoms with Gasteiger partial charge in [0.2, 0.25) is 11.8 Å². The average molecular weight is 237 g/mol. The first-order valence-corrected chi connectivity index (χ1v) is 5.68. The van der Waals surface area contributed by atoms with Crippen molar-refractivity contribution in [2.45, 2.75) is 32.2 Å². The molecule has 1 aromatic heterocycles. The topological polar surface area (TPSA) is 91.2 Å². The van der Waals surface area contributed by atoms with Gasteiger partial charge in [-0.15, -0.1) is 0 Å². The normalized spacial score (nSPS) is 11.2. The number of aromatic nitrogens is 1. The van der Waals surface area contributed by atoms with E-state index in [2.05, 4.69) is 4.98 Å². The molecule has 4 N–H and O–H groups in total. The molecule has 1 rings (SSSR count). The van der Waals surface area contributed by atoms with E-state index in [9.17, 15) is 4.79 Å². The minimum absolute atomic E-state index is 0.329. The third kappa shape index (κ3) is 3.71. The Morgan fingerprint density at radius 2 is 2.06 bits per heavy atom. The standard InChI is InChI=1S/C12H19N3O2/c1-3-12(14,4-2)8-17-10-6-5-9(7-15-10)11(13)16/h5-7H,3-4,8,14H2,1-2H3,(H2,13,16). The van der Waals surface area contributed by atoms with Crippen molar-refractivity contribution in [3.8, 4) is 5.88 Å². The van der Waals surface area contributed by atoms with Gasteiger partial charge in [-0.3, -0.25) is 4.79 Å². The number of pyridine rings is 1. The van der Waals surface area contributed by atoms with E-state index in [-0.39, 0.29) is 5.54 Å². The number of nitrogens with zero attached hydrogens (tertiary/aromatic N) is 1. The number of hydrogen-bond donors (Lipinski definition) is 2. The van der Waals surface area contributed by atoms with Crippen LogP contribution < -0.4 is 16.2 Å². The Hall–Kier alpha value is -1.62. The molecular weight excluding hydrogens is 218 g/mol. The van der Waals surface area contributed by atoms with Crippen LogP contribution in [0.3, 0.4) is 0 Å². The molecule has 0 radical (unpaired) electrons. The Bertz CT molecular complexity index is 372. The summed E-state index contributed by atoms with van der Waals surface area (Å²) >= 11 is 0. The molecule has 17 heavy (non-hydrogen) atoms. The number of carbonyl (C=O) groups excluding carboxylic acids is 1. The second kappa shape index (κ2) is 5.63. The summed E-state index contributed by atoms with van der Waals surface area (Å²) in [7, 11) is 0. The summed E-state index contributed by atoms with van der Waals surface area (Å²) in [6, 6.07) is 3.20. The summed E-state index contributed by atoms with van der Waals surface area (Å²) in [5.41, 5.74) is 11.2. The number of amides is 1. The SMILES string of the molecule is CCC(N)(CC)COc1ccc(C(N)=O)cn1. The number of ether oxygens (including phenoxy) is 1. The molecule has 1 amide bonds. The van der Waals surface area contributed by atoms with Crippen LogP contribution in [0.25, 0.3) is 0 Å². The van der Waals surface area contributed by atoms with Gasteiger partial charge in [-0.1, -0.05) is 13.8 Å². The molecule has 0 atom stereocenters. The van der Waals surface area contributed by atoms with Gasteiger partial charge >= 0.3 is 0 Å². The second-order valence-electron chi connectivity index (χ2n) is 4.11. The summed E-state index contributed by atoms with van der Waals surface area (Å²) in [5, 5.41) is 0. The highest BCUT2D eigenvalue weighted by Gasteiger charge is 2.21. The van der Waals surface area contributed by atoms with Crippen LogP contribution in [-0.4, -0.2) is 23.0 Å². The van der Waals surface area contributed by atoms with Gasteiger partial charge in [0.1, 0.15) is 6.61 Å². The molecule has 0 aliphatic rings. The number of hydrogen-bond acceptors (Lipinski definition) is 4. The molecule has 0 unspecified atom stereocenters. The first-order valence-electron chi connectivity index (χ1n) is 5.68. The van der Waals surface area contributed by atoms with Gasteiger partial charge in [0.25, 0.3) is 0 Å². The third-order valence-electron chi connectivity index (χ3n) is 2.94. The van der Waals surface area contributed by atoms with Crippen molar-refractivity contribution in [2.24, 2.45) is 11.5 Å². The average Bonchev–Trinajstić information content (AvgIpc) is 2.36. The largest absolute Gasteiger partial charge is 0.476 e. The van der Waals surface area contributed by atoms with E-state index in [1.54, 1.807) is 12.1 Å². The molecule has 94 valence electrons. The van der Waals surface area contributed by atoms with Gasteiger partial charge in [-0.2, -0.15) is 0 Å². The van der Waals surface area contributed by atoms with E-state index in [1.807, 2.05) is 13.8 Å². The zero-order valence-electron chi connectivity index (χ0n) is 10.3. The molecule has 0 saturated heterocycles. The summed E-state index contributed by atoms with van der Waals surface area (Å²) in [5.74, 6) is -0.0499. The summed E-state index contributed by atoms with van der Waals surface area (Å²) in [4.78, 5) is 14.8. The van der Waals surface area contributed by atoms with Crippen LogP contribution in [0.5, 0.6) is 5.88 Å². The van der Waals surface area contributed by atoms with Gasteiger partial charge in [-0.25, -0.2) is 4.98 Å². The third-order valence-corrected chi connectivity index (χ3v) is 2.94. The fourth-order valence-corrected chi connectivity index (χ4v) is 1.28. The monoisotopic (exact) mass is 237 g/mol. The Morgan fingerprint density at radius 3 is 2.47 bits per heavy atom. The fraction of sp³-hybridized carbons (Fsp3) is 0.500. The maximum absolute atomic E-state index is 10.8. The van der Waals surface area contributed by atoms with Crippen molar-refractivity contribution >= 4 is 5.91 Å². The van der Waals surface area contributed by atoms with Crippen molar-refractivity contribution < 1.29 is 9.53 Å². The molecule has 1 aromatic rings. The van der Waals surface area contributed by atoms with Crippen LogP contribution in [0.1, 0.15) is 37.0 Å². The van der Waals surface area contributed by atoms with Gasteiger partial charge in [-0.05, 0) is 18.9 Å². The lowest BCUT2D eigenvalue weighted by Crippen LogP contribution is -2.44. The van der Waals surface area contributed by atoms with Crippen molar-refractivity contribution in [1.29, 1.82) is 0 Å². The minimum Gasteiger partial charge on any atom is -0.476 e. The molecule has 5 heteroatoms. The quantitative estimate of drug-likeness (QED) is 0.774. The van der Waals surface area contributed by atoms with E-state index in [1.165, 1.54) is 6.20 Å². The fourth-order valence-electron chi connectivity index (χ4n) is 1.28. The molecule has 0 spiro atoms. The molecule has 0 fully saturated rings. The van der Waals surface area contributed by atoms with Gasteiger partial charge < -0.3 is 16.2 Å².